The van der Waals surface area contributed by atoms with E-state index < -0.39 is 4.92 Å². The highest BCUT2D eigenvalue weighted by Crippen LogP contribution is 2.39. The third-order valence-corrected chi connectivity index (χ3v) is 7.32. The van der Waals surface area contributed by atoms with Crippen molar-refractivity contribution in [1.29, 1.82) is 0 Å². The summed E-state index contributed by atoms with van der Waals surface area (Å²) < 4.78 is 12.9. The van der Waals surface area contributed by atoms with Crippen molar-refractivity contribution >= 4 is 34.4 Å². The number of rotatable bonds is 9. The van der Waals surface area contributed by atoms with Crippen LogP contribution in [0.1, 0.15) is 61.9 Å². The predicted molar refractivity (Wildman–Crippen MR) is 155 cm³/mol. The van der Waals surface area contributed by atoms with Gasteiger partial charge in [0.05, 0.1) is 28.6 Å². The molecule has 1 aromatic heterocycles. The smallest absolute Gasteiger partial charge is 0.315 e. The zero-order valence-corrected chi connectivity index (χ0v) is 22.8. The zero-order valence-electron chi connectivity index (χ0n) is 22.1. The minimum Gasteiger partial charge on any atom is -0.490 e. The first kappa shape index (κ1) is 27.3. The maximum absolute atomic E-state index is 13.5. The fraction of sp³-hybridized carbons (Fsp3) is 0.300. The molecule has 1 aliphatic carbocycles. The van der Waals surface area contributed by atoms with Gasteiger partial charge in [0, 0.05) is 28.1 Å². The average Bonchev–Trinajstić information content (AvgIpc) is 2.97. The number of nitrogens with zero attached hydrogens (tertiary/aromatic N) is 4. The van der Waals surface area contributed by atoms with Crippen LogP contribution in [0, 0.1) is 10.1 Å². The molecule has 40 heavy (non-hydrogen) atoms. The van der Waals surface area contributed by atoms with Crippen molar-refractivity contribution in [3.63, 3.8) is 0 Å². The van der Waals surface area contributed by atoms with Crippen molar-refractivity contribution < 1.29 is 14.4 Å². The van der Waals surface area contributed by atoms with Gasteiger partial charge >= 0.3 is 5.69 Å². The van der Waals surface area contributed by atoms with Crippen molar-refractivity contribution in [1.82, 2.24) is 9.66 Å². The number of para-hydroxylation sites is 1. The van der Waals surface area contributed by atoms with Crippen LogP contribution in [0.25, 0.3) is 10.9 Å². The largest absolute Gasteiger partial charge is 0.490 e. The lowest BCUT2D eigenvalue weighted by atomic mass is 9.88. The molecule has 0 atom stereocenters. The molecule has 5 rings (SSSR count). The minimum atomic E-state index is -0.529. The van der Waals surface area contributed by atoms with Gasteiger partial charge in [-0.25, -0.2) is 4.98 Å². The maximum Gasteiger partial charge on any atom is 0.315 e. The normalized spacial score (nSPS) is 14.1. The number of fused-ring (bicyclic) bond motifs is 1. The van der Waals surface area contributed by atoms with Crippen LogP contribution in [0.5, 0.6) is 11.5 Å². The summed E-state index contributed by atoms with van der Waals surface area (Å²) in [6.07, 6.45) is 6.58. The van der Waals surface area contributed by atoms with E-state index in [0.29, 0.717) is 32.9 Å². The summed E-state index contributed by atoms with van der Waals surface area (Å²) in [6, 6.07) is 17.3. The fourth-order valence-electron chi connectivity index (χ4n) is 4.99. The van der Waals surface area contributed by atoms with Crippen molar-refractivity contribution in [2.75, 3.05) is 6.61 Å². The second kappa shape index (κ2) is 12.3. The molecule has 1 heterocycles. The van der Waals surface area contributed by atoms with Gasteiger partial charge in [0.1, 0.15) is 12.4 Å². The predicted octanol–water partition coefficient (Wildman–Crippen LogP) is 6.87. The van der Waals surface area contributed by atoms with Gasteiger partial charge in [-0.2, -0.15) is 9.78 Å². The lowest BCUT2D eigenvalue weighted by molar-refractivity contribution is -0.386. The molecule has 1 saturated carbocycles. The Morgan fingerprint density at radius 1 is 1.10 bits per heavy atom. The SMILES string of the molecule is CCOc1cc(C=Nn2c(C3CCCCC3)nc3ccccc3c2=O)cc([N+](=O)[O-])c1OCc1ccccc1Cl. The summed E-state index contributed by atoms with van der Waals surface area (Å²) in [5, 5.41) is 17.6. The second-order valence-corrected chi connectivity index (χ2v) is 10.0. The first-order valence-electron chi connectivity index (χ1n) is 13.3. The summed E-state index contributed by atoms with van der Waals surface area (Å²) in [5.74, 6) is 0.911. The van der Waals surface area contributed by atoms with E-state index in [1.54, 1.807) is 43.3 Å². The molecule has 0 N–H and O–H groups in total. The topological polar surface area (TPSA) is 109 Å². The molecule has 1 aliphatic rings. The van der Waals surface area contributed by atoms with E-state index in [2.05, 4.69) is 5.10 Å². The van der Waals surface area contributed by atoms with Crippen LogP contribution in [-0.4, -0.2) is 27.4 Å². The maximum atomic E-state index is 13.5. The summed E-state index contributed by atoms with van der Waals surface area (Å²) >= 11 is 6.24. The first-order valence-corrected chi connectivity index (χ1v) is 13.7. The number of nitro benzene ring substituents is 1. The molecule has 9 nitrogen and oxygen atoms in total. The molecule has 10 heteroatoms. The number of ether oxygens (including phenoxy) is 2. The van der Waals surface area contributed by atoms with Gasteiger partial charge in [0.2, 0.25) is 5.75 Å². The lowest BCUT2D eigenvalue weighted by Gasteiger charge is -2.22. The number of nitro groups is 1. The van der Waals surface area contributed by atoms with Crippen LogP contribution in [0.4, 0.5) is 5.69 Å². The van der Waals surface area contributed by atoms with E-state index in [1.165, 1.54) is 17.0 Å². The Balaban J connectivity index is 1.55. The molecule has 206 valence electrons. The Labute approximate surface area is 236 Å². The second-order valence-electron chi connectivity index (χ2n) is 9.62. The quantitative estimate of drug-likeness (QED) is 0.126. The molecule has 0 radical (unpaired) electrons. The van der Waals surface area contributed by atoms with E-state index in [-0.39, 0.29) is 41.9 Å². The summed E-state index contributed by atoms with van der Waals surface area (Å²) in [7, 11) is 0. The molecular weight excluding hydrogens is 532 g/mol. The van der Waals surface area contributed by atoms with E-state index in [9.17, 15) is 14.9 Å². The summed E-state index contributed by atoms with van der Waals surface area (Å²) in [4.78, 5) is 29.9. The van der Waals surface area contributed by atoms with E-state index in [4.69, 9.17) is 26.1 Å². The Morgan fingerprint density at radius 3 is 2.60 bits per heavy atom. The lowest BCUT2D eigenvalue weighted by Crippen LogP contribution is -2.25. The van der Waals surface area contributed by atoms with Gasteiger partial charge in [0.25, 0.3) is 5.56 Å². The van der Waals surface area contributed by atoms with Crippen LogP contribution in [0.3, 0.4) is 0 Å². The average molecular weight is 561 g/mol. The van der Waals surface area contributed by atoms with Crippen LogP contribution < -0.4 is 15.0 Å². The highest BCUT2D eigenvalue weighted by atomic mass is 35.5. The minimum absolute atomic E-state index is 0.00338. The highest BCUT2D eigenvalue weighted by molar-refractivity contribution is 6.31. The number of hydrogen-bond donors (Lipinski definition) is 0. The van der Waals surface area contributed by atoms with Crippen LogP contribution in [0.15, 0.2) is 70.6 Å². The van der Waals surface area contributed by atoms with Crippen molar-refractivity contribution in [3.8, 4) is 11.5 Å². The van der Waals surface area contributed by atoms with Crippen LogP contribution in [0.2, 0.25) is 5.02 Å². The molecular formula is C30H29ClN4O5. The first-order chi connectivity index (χ1) is 19.5. The highest BCUT2D eigenvalue weighted by Gasteiger charge is 2.24. The van der Waals surface area contributed by atoms with Crippen molar-refractivity contribution in [3.05, 3.63) is 103 Å². The third kappa shape index (κ3) is 5.84. The van der Waals surface area contributed by atoms with E-state index >= 15 is 0 Å². The monoisotopic (exact) mass is 560 g/mol. The van der Waals surface area contributed by atoms with Crippen LogP contribution >= 0.6 is 11.6 Å². The molecule has 1 fully saturated rings. The van der Waals surface area contributed by atoms with Gasteiger partial charge in [0.15, 0.2) is 5.75 Å². The van der Waals surface area contributed by atoms with Crippen molar-refractivity contribution in [2.45, 2.75) is 51.6 Å². The van der Waals surface area contributed by atoms with E-state index in [1.807, 2.05) is 18.2 Å². The Hall–Kier alpha value is -4.24. The number of halogens is 1. The van der Waals surface area contributed by atoms with E-state index in [0.717, 1.165) is 32.1 Å². The molecule has 0 amide bonds. The van der Waals surface area contributed by atoms with Crippen LogP contribution in [-0.2, 0) is 6.61 Å². The number of benzene rings is 3. The van der Waals surface area contributed by atoms with Crippen molar-refractivity contribution in [2.24, 2.45) is 5.10 Å². The summed E-state index contributed by atoms with van der Waals surface area (Å²) in [6.45, 7) is 2.07. The van der Waals surface area contributed by atoms with Gasteiger partial charge in [-0.15, -0.1) is 0 Å². The Morgan fingerprint density at radius 2 is 1.85 bits per heavy atom. The molecule has 0 spiro atoms. The molecule has 0 unspecified atom stereocenters. The van der Waals surface area contributed by atoms with Gasteiger partial charge in [-0.05, 0) is 44.0 Å². The Kier molecular flexibility index (Phi) is 8.40. The molecule has 3 aromatic carbocycles. The number of hydrogen-bond acceptors (Lipinski definition) is 7. The fourth-order valence-corrected chi connectivity index (χ4v) is 5.18. The molecule has 0 aliphatic heterocycles. The molecule has 0 saturated heterocycles. The molecule has 4 aromatic rings. The van der Waals surface area contributed by atoms with Gasteiger partial charge < -0.3 is 9.47 Å². The third-order valence-electron chi connectivity index (χ3n) is 6.96. The standard InChI is InChI=1S/C30H29ClN4O5/c1-2-39-27-17-20(16-26(35(37)38)28(27)40-19-22-12-6-8-14-24(22)31)18-32-34-29(21-10-4-3-5-11-21)33-25-15-9-7-13-23(25)30(34)36/h6-9,12-18,21H,2-5,10-11,19H2,1H3. The number of aromatic nitrogens is 2. The van der Waals surface area contributed by atoms with Gasteiger partial charge in [-0.3, -0.25) is 14.9 Å². The zero-order chi connectivity index (χ0) is 28.1. The van der Waals surface area contributed by atoms with Gasteiger partial charge in [-0.1, -0.05) is 61.2 Å². The summed E-state index contributed by atoms with van der Waals surface area (Å²) in [5.41, 5.74) is 1.14. The molecule has 0 bridgehead atoms. The Bertz CT molecular complexity index is 1630.